The summed E-state index contributed by atoms with van der Waals surface area (Å²) in [5, 5.41) is 2.93. The number of carbonyl (C=O) groups excluding carboxylic acids is 2. The van der Waals surface area contributed by atoms with Crippen LogP contribution in [0.4, 0.5) is 0 Å². The Morgan fingerprint density at radius 1 is 1.50 bits per heavy atom. The minimum atomic E-state index is -0.249. The van der Waals surface area contributed by atoms with Crippen LogP contribution in [0.1, 0.15) is 27.2 Å². The molecule has 16 heavy (non-hydrogen) atoms. The van der Waals surface area contributed by atoms with Gasteiger partial charge < -0.3 is 10.1 Å². The summed E-state index contributed by atoms with van der Waals surface area (Å²) >= 11 is 0. The highest BCUT2D eigenvalue weighted by Crippen LogP contribution is 2.22. The molecule has 1 unspecified atom stereocenters. The number of hydrogen-bond donors (Lipinski definition) is 1. The first-order valence-electron chi connectivity index (χ1n) is 5.48. The smallest absolute Gasteiger partial charge is 0.322 e. The summed E-state index contributed by atoms with van der Waals surface area (Å²) in [7, 11) is 1.39. The molecular formula is C11H20N2O3. The molecule has 0 aromatic rings. The molecular weight excluding hydrogens is 208 g/mol. The number of nitrogens with zero attached hydrogens (tertiary/aromatic N) is 1. The van der Waals surface area contributed by atoms with Crippen molar-refractivity contribution in [2.45, 2.75) is 38.8 Å². The molecule has 0 aliphatic carbocycles. The lowest BCUT2D eigenvalue weighted by Crippen LogP contribution is -2.49. The van der Waals surface area contributed by atoms with Gasteiger partial charge in [-0.2, -0.15) is 0 Å². The van der Waals surface area contributed by atoms with Crippen LogP contribution >= 0.6 is 0 Å². The highest BCUT2D eigenvalue weighted by atomic mass is 16.5. The lowest BCUT2D eigenvalue weighted by atomic mass is 10.0. The van der Waals surface area contributed by atoms with Gasteiger partial charge in [0.2, 0.25) is 5.91 Å². The molecule has 2 atom stereocenters. The van der Waals surface area contributed by atoms with Gasteiger partial charge in [-0.05, 0) is 20.3 Å². The molecule has 1 aliphatic heterocycles. The Morgan fingerprint density at radius 3 is 2.62 bits per heavy atom. The Bertz CT molecular complexity index is 293. The van der Waals surface area contributed by atoms with Crippen molar-refractivity contribution in [2.24, 2.45) is 0 Å². The van der Waals surface area contributed by atoms with Crippen LogP contribution in [0.25, 0.3) is 0 Å². The van der Waals surface area contributed by atoms with E-state index in [0.29, 0.717) is 6.54 Å². The van der Waals surface area contributed by atoms with Crippen LogP contribution in [-0.4, -0.2) is 48.6 Å². The van der Waals surface area contributed by atoms with Crippen molar-refractivity contribution >= 4 is 11.9 Å². The van der Waals surface area contributed by atoms with E-state index in [1.165, 1.54) is 14.0 Å². The Hall–Kier alpha value is -1.10. The average molecular weight is 228 g/mol. The summed E-state index contributed by atoms with van der Waals surface area (Å²) in [4.78, 5) is 24.5. The second-order valence-electron chi connectivity index (χ2n) is 4.66. The zero-order valence-electron chi connectivity index (χ0n) is 10.4. The van der Waals surface area contributed by atoms with E-state index in [2.05, 4.69) is 5.32 Å². The normalized spacial score (nSPS) is 27.5. The molecule has 1 rings (SSSR count). The number of nitrogens with one attached hydrogen (secondary N) is 1. The van der Waals surface area contributed by atoms with Crippen LogP contribution in [0.2, 0.25) is 0 Å². The minimum Gasteiger partial charge on any atom is -0.468 e. The maximum absolute atomic E-state index is 11.4. The number of esters is 1. The molecule has 5 heteroatoms. The fourth-order valence-corrected chi connectivity index (χ4v) is 2.17. The van der Waals surface area contributed by atoms with E-state index in [4.69, 9.17) is 4.74 Å². The summed E-state index contributed by atoms with van der Waals surface area (Å²) < 4.78 is 4.71. The molecule has 1 amide bonds. The van der Waals surface area contributed by atoms with Crippen LogP contribution < -0.4 is 5.32 Å². The number of ether oxygens (including phenoxy) is 1. The topological polar surface area (TPSA) is 58.6 Å². The second-order valence-corrected chi connectivity index (χ2v) is 4.66. The molecule has 0 aromatic carbocycles. The average Bonchev–Trinajstić information content (AvgIpc) is 2.57. The fraction of sp³-hybridized carbons (Fsp3) is 0.818. The van der Waals surface area contributed by atoms with Crippen LogP contribution in [0, 0.1) is 0 Å². The number of amides is 1. The maximum atomic E-state index is 11.4. The Kier molecular flexibility index (Phi) is 3.91. The number of methoxy groups -OCH3 is 1. The number of carbonyl (C=O) groups is 2. The molecule has 92 valence electrons. The van der Waals surface area contributed by atoms with Gasteiger partial charge in [-0.25, -0.2) is 0 Å². The SMILES string of the molecule is COC(=O)[C@H](C)N1CCC(C)(NC(C)=O)C1. The van der Waals surface area contributed by atoms with Crippen molar-refractivity contribution in [2.75, 3.05) is 20.2 Å². The van der Waals surface area contributed by atoms with E-state index in [-0.39, 0.29) is 23.5 Å². The van der Waals surface area contributed by atoms with Gasteiger partial charge in [0.25, 0.3) is 0 Å². The molecule has 1 heterocycles. The highest BCUT2D eigenvalue weighted by Gasteiger charge is 2.38. The van der Waals surface area contributed by atoms with E-state index in [1.54, 1.807) is 0 Å². The van der Waals surface area contributed by atoms with E-state index >= 15 is 0 Å². The first-order chi connectivity index (χ1) is 7.38. The molecule has 0 radical (unpaired) electrons. The van der Waals surface area contributed by atoms with Gasteiger partial charge >= 0.3 is 5.97 Å². The monoisotopic (exact) mass is 228 g/mol. The lowest BCUT2D eigenvalue weighted by Gasteiger charge is -2.27. The van der Waals surface area contributed by atoms with E-state index in [1.807, 2.05) is 18.7 Å². The highest BCUT2D eigenvalue weighted by molar-refractivity contribution is 5.75. The van der Waals surface area contributed by atoms with Gasteiger partial charge in [0.1, 0.15) is 6.04 Å². The van der Waals surface area contributed by atoms with Crippen molar-refractivity contribution < 1.29 is 14.3 Å². The molecule has 1 aliphatic rings. The third-order valence-electron chi connectivity index (χ3n) is 3.07. The van der Waals surface area contributed by atoms with Gasteiger partial charge in [0.05, 0.1) is 12.6 Å². The summed E-state index contributed by atoms with van der Waals surface area (Å²) in [5.74, 6) is -0.262. The van der Waals surface area contributed by atoms with Crippen molar-refractivity contribution in [1.82, 2.24) is 10.2 Å². The lowest BCUT2D eigenvalue weighted by molar-refractivity contribution is -0.145. The zero-order chi connectivity index (χ0) is 12.3. The van der Waals surface area contributed by atoms with Gasteiger partial charge in [-0.15, -0.1) is 0 Å². The number of likely N-dealkylation sites (tertiary alicyclic amines) is 1. The minimum absolute atomic E-state index is 0.0323. The molecule has 0 bridgehead atoms. The first kappa shape index (κ1) is 13.0. The number of rotatable bonds is 3. The first-order valence-corrected chi connectivity index (χ1v) is 5.48. The summed E-state index contributed by atoms with van der Waals surface area (Å²) in [6.07, 6.45) is 0.855. The Morgan fingerprint density at radius 2 is 2.12 bits per heavy atom. The van der Waals surface area contributed by atoms with Crippen LogP contribution in [0.15, 0.2) is 0 Å². The standard InChI is InChI=1S/C11H20N2O3/c1-8(10(15)16-4)13-6-5-11(3,7-13)12-9(2)14/h8H,5-7H2,1-4H3,(H,12,14)/t8-,11?/m0/s1. The maximum Gasteiger partial charge on any atom is 0.322 e. The van der Waals surface area contributed by atoms with Crippen molar-refractivity contribution in [1.29, 1.82) is 0 Å². The fourth-order valence-electron chi connectivity index (χ4n) is 2.17. The molecule has 1 saturated heterocycles. The third kappa shape index (κ3) is 2.95. The van der Waals surface area contributed by atoms with Crippen LogP contribution in [0.5, 0.6) is 0 Å². The summed E-state index contributed by atoms with van der Waals surface area (Å²) in [6, 6.07) is -0.249. The molecule has 0 saturated carbocycles. The largest absolute Gasteiger partial charge is 0.468 e. The summed E-state index contributed by atoms with van der Waals surface area (Å²) in [5.41, 5.74) is -0.228. The number of hydrogen-bond acceptors (Lipinski definition) is 4. The summed E-state index contributed by atoms with van der Waals surface area (Å²) in [6.45, 7) is 6.82. The van der Waals surface area contributed by atoms with E-state index in [0.717, 1.165) is 13.0 Å². The molecule has 1 N–H and O–H groups in total. The molecule has 0 aromatic heterocycles. The molecule has 5 nitrogen and oxygen atoms in total. The predicted molar refractivity (Wildman–Crippen MR) is 59.9 cm³/mol. The van der Waals surface area contributed by atoms with E-state index in [9.17, 15) is 9.59 Å². The van der Waals surface area contributed by atoms with Gasteiger partial charge in [-0.1, -0.05) is 0 Å². The third-order valence-corrected chi connectivity index (χ3v) is 3.07. The van der Waals surface area contributed by atoms with Gasteiger partial charge in [-0.3, -0.25) is 14.5 Å². The van der Waals surface area contributed by atoms with Gasteiger partial charge in [0, 0.05) is 20.0 Å². The Balaban J connectivity index is 2.57. The van der Waals surface area contributed by atoms with E-state index < -0.39 is 0 Å². The van der Waals surface area contributed by atoms with Crippen LogP contribution in [0.3, 0.4) is 0 Å². The zero-order valence-corrected chi connectivity index (χ0v) is 10.4. The second kappa shape index (κ2) is 4.82. The molecule has 0 spiro atoms. The Labute approximate surface area is 96.1 Å². The van der Waals surface area contributed by atoms with Gasteiger partial charge in [0.15, 0.2) is 0 Å². The van der Waals surface area contributed by atoms with Crippen molar-refractivity contribution in [3.63, 3.8) is 0 Å². The quantitative estimate of drug-likeness (QED) is 0.698. The van der Waals surface area contributed by atoms with Crippen molar-refractivity contribution in [3.05, 3.63) is 0 Å². The van der Waals surface area contributed by atoms with Crippen molar-refractivity contribution in [3.8, 4) is 0 Å². The van der Waals surface area contributed by atoms with Crippen LogP contribution in [-0.2, 0) is 14.3 Å². The molecule has 1 fully saturated rings. The predicted octanol–water partition coefficient (Wildman–Crippen LogP) is 0.148.